The van der Waals surface area contributed by atoms with Gasteiger partial charge in [-0.05, 0) is 43.9 Å². The molecular weight excluding hydrogens is 200 g/mol. The molecule has 16 heavy (non-hydrogen) atoms. The molecule has 1 fully saturated rings. The van der Waals surface area contributed by atoms with Crippen LogP contribution in [0.5, 0.6) is 0 Å². The summed E-state index contributed by atoms with van der Waals surface area (Å²) in [6, 6.07) is 7.85. The number of aliphatic hydroxyl groups excluding tert-OH is 1. The van der Waals surface area contributed by atoms with Crippen LogP contribution in [-0.2, 0) is 0 Å². The van der Waals surface area contributed by atoms with Crippen molar-refractivity contribution in [1.29, 1.82) is 5.26 Å². The fraction of sp³-hybridized carbons (Fsp3) is 0.462. The Morgan fingerprint density at radius 3 is 2.88 bits per heavy atom. The number of hydrogen-bond donors (Lipinski definition) is 2. The number of hydrogen-bond acceptors (Lipinski definition) is 3. The minimum Gasteiger partial charge on any atom is -0.391 e. The van der Waals surface area contributed by atoms with E-state index in [9.17, 15) is 5.11 Å². The Labute approximate surface area is 95.7 Å². The third-order valence-corrected chi connectivity index (χ3v) is 3.19. The van der Waals surface area contributed by atoms with Gasteiger partial charge in [0.05, 0.1) is 23.8 Å². The molecule has 2 atom stereocenters. The number of rotatable bonds is 2. The van der Waals surface area contributed by atoms with Crippen molar-refractivity contribution in [3.05, 3.63) is 29.3 Å². The van der Waals surface area contributed by atoms with E-state index in [4.69, 9.17) is 5.26 Å². The molecule has 1 aromatic rings. The summed E-state index contributed by atoms with van der Waals surface area (Å²) in [6.45, 7) is 2.00. The largest absolute Gasteiger partial charge is 0.391 e. The summed E-state index contributed by atoms with van der Waals surface area (Å²) in [4.78, 5) is 0. The molecule has 0 amide bonds. The first-order valence-corrected chi connectivity index (χ1v) is 5.66. The van der Waals surface area contributed by atoms with E-state index < -0.39 is 0 Å². The SMILES string of the molecule is Cc1ccc(C#N)cc1N[C@H]1CCC[C@@H]1O. The van der Waals surface area contributed by atoms with Gasteiger partial charge in [-0.25, -0.2) is 0 Å². The Hall–Kier alpha value is -1.53. The van der Waals surface area contributed by atoms with Gasteiger partial charge in [0, 0.05) is 5.69 Å². The summed E-state index contributed by atoms with van der Waals surface area (Å²) in [6.07, 6.45) is 2.67. The van der Waals surface area contributed by atoms with Gasteiger partial charge in [0.2, 0.25) is 0 Å². The summed E-state index contributed by atoms with van der Waals surface area (Å²) >= 11 is 0. The minimum atomic E-state index is -0.259. The van der Waals surface area contributed by atoms with Gasteiger partial charge in [0.25, 0.3) is 0 Å². The molecule has 0 spiro atoms. The van der Waals surface area contributed by atoms with E-state index in [2.05, 4.69) is 11.4 Å². The van der Waals surface area contributed by atoms with Gasteiger partial charge in [-0.1, -0.05) is 6.07 Å². The molecular formula is C13H16N2O. The lowest BCUT2D eigenvalue weighted by atomic mass is 10.1. The molecule has 0 aromatic heterocycles. The maximum atomic E-state index is 9.74. The van der Waals surface area contributed by atoms with E-state index >= 15 is 0 Å². The summed E-state index contributed by atoms with van der Waals surface area (Å²) in [7, 11) is 0. The molecule has 84 valence electrons. The number of aryl methyl sites for hydroxylation is 1. The van der Waals surface area contributed by atoms with Crippen LogP contribution in [-0.4, -0.2) is 17.3 Å². The second-order valence-electron chi connectivity index (χ2n) is 4.39. The third-order valence-electron chi connectivity index (χ3n) is 3.19. The Bertz CT molecular complexity index is 422. The molecule has 1 saturated carbocycles. The predicted octanol–water partition coefficient (Wildman–Crippen LogP) is 2.19. The first-order valence-electron chi connectivity index (χ1n) is 5.66. The second-order valence-corrected chi connectivity index (χ2v) is 4.39. The number of aliphatic hydroxyl groups is 1. The Kier molecular flexibility index (Phi) is 3.12. The van der Waals surface area contributed by atoms with Crippen LogP contribution in [0.4, 0.5) is 5.69 Å². The van der Waals surface area contributed by atoms with E-state index in [0.717, 1.165) is 30.5 Å². The van der Waals surface area contributed by atoms with Crippen LogP contribution in [0.2, 0.25) is 0 Å². The van der Waals surface area contributed by atoms with Gasteiger partial charge < -0.3 is 10.4 Å². The van der Waals surface area contributed by atoms with Gasteiger partial charge in [-0.15, -0.1) is 0 Å². The maximum absolute atomic E-state index is 9.74. The van der Waals surface area contributed by atoms with E-state index in [0.29, 0.717) is 5.56 Å². The number of benzene rings is 1. The Balaban J connectivity index is 2.17. The lowest BCUT2D eigenvalue weighted by molar-refractivity contribution is 0.172. The van der Waals surface area contributed by atoms with Crippen molar-refractivity contribution in [2.24, 2.45) is 0 Å². The van der Waals surface area contributed by atoms with Crippen LogP contribution in [0, 0.1) is 18.3 Å². The fourth-order valence-corrected chi connectivity index (χ4v) is 2.16. The standard InChI is InChI=1S/C13H16N2O/c1-9-5-6-10(8-14)7-12(9)15-11-3-2-4-13(11)16/h5-7,11,13,15-16H,2-4H2,1H3/t11-,13-/m0/s1. The quantitative estimate of drug-likeness (QED) is 0.796. The van der Waals surface area contributed by atoms with Gasteiger partial charge in [-0.2, -0.15) is 5.26 Å². The molecule has 2 N–H and O–H groups in total. The van der Waals surface area contributed by atoms with Crippen molar-refractivity contribution in [2.75, 3.05) is 5.32 Å². The number of nitrogens with zero attached hydrogens (tertiary/aromatic N) is 1. The fourth-order valence-electron chi connectivity index (χ4n) is 2.16. The van der Waals surface area contributed by atoms with Crippen LogP contribution in [0.15, 0.2) is 18.2 Å². The van der Waals surface area contributed by atoms with Gasteiger partial charge in [0.1, 0.15) is 0 Å². The highest BCUT2D eigenvalue weighted by Crippen LogP contribution is 2.25. The zero-order chi connectivity index (χ0) is 11.5. The topological polar surface area (TPSA) is 56.0 Å². The average molecular weight is 216 g/mol. The molecule has 1 aliphatic rings. The zero-order valence-electron chi connectivity index (χ0n) is 9.40. The molecule has 0 saturated heterocycles. The van der Waals surface area contributed by atoms with Crippen LogP contribution < -0.4 is 5.32 Å². The zero-order valence-corrected chi connectivity index (χ0v) is 9.40. The Morgan fingerprint density at radius 1 is 1.44 bits per heavy atom. The van der Waals surface area contributed by atoms with E-state index in [1.807, 2.05) is 25.1 Å². The first-order chi connectivity index (χ1) is 7.70. The van der Waals surface area contributed by atoms with Gasteiger partial charge >= 0.3 is 0 Å². The molecule has 3 heteroatoms. The van der Waals surface area contributed by atoms with Crippen molar-refractivity contribution >= 4 is 5.69 Å². The van der Waals surface area contributed by atoms with Crippen LogP contribution in [0.3, 0.4) is 0 Å². The highest BCUT2D eigenvalue weighted by atomic mass is 16.3. The molecule has 0 radical (unpaired) electrons. The molecule has 0 aliphatic heterocycles. The first kappa shape index (κ1) is 11.0. The highest BCUT2D eigenvalue weighted by Gasteiger charge is 2.25. The van der Waals surface area contributed by atoms with Crippen molar-refractivity contribution in [2.45, 2.75) is 38.3 Å². The van der Waals surface area contributed by atoms with Crippen LogP contribution in [0.25, 0.3) is 0 Å². The summed E-state index contributed by atoms with van der Waals surface area (Å²) in [5, 5.41) is 21.9. The molecule has 1 aliphatic carbocycles. The van der Waals surface area contributed by atoms with E-state index in [1.54, 1.807) is 0 Å². The normalized spacial score (nSPS) is 24.1. The maximum Gasteiger partial charge on any atom is 0.0992 e. The molecule has 0 bridgehead atoms. The minimum absolute atomic E-state index is 0.132. The van der Waals surface area contributed by atoms with Crippen molar-refractivity contribution in [1.82, 2.24) is 0 Å². The van der Waals surface area contributed by atoms with Crippen LogP contribution in [0.1, 0.15) is 30.4 Å². The molecule has 0 unspecified atom stereocenters. The predicted molar refractivity (Wildman–Crippen MR) is 63.2 cm³/mol. The van der Waals surface area contributed by atoms with Crippen molar-refractivity contribution in [3.8, 4) is 6.07 Å². The summed E-state index contributed by atoms with van der Waals surface area (Å²) in [5.74, 6) is 0. The van der Waals surface area contributed by atoms with E-state index in [-0.39, 0.29) is 12.1 Å². The summed E-state index contributed by atoms with van der Waals surface area (Å²) in [5.41, 5.74) is 2.73. The monoisotopic (exact) mass is 216 g/mol. The Morgan fingerprint density at radius 2 is 2.25 bits per heavy atom. The average Bonchev–Trinajstić information content (AvgIpc) is 2.68. The molecule has 1 aromatic carbocycles. The molecule has 0 heterocycles. The highest BCUT2D eigenvalue weighted by molar-refractivity contribution is 5.55. The van der Waals surface area contributed by atoms with E-state index in [1.165, 1.54) is 0 Å². The number of nitriles is 1. The smallest absolute Gasteiger partial charge is 0.0992 e. The number of anilines is 1. The molecule has 3 nitrogen and oxygen atoms in total. The molecule has 2 rings (SSSR count). The summed E-state index contributed by atoms with van der Waals surface area (Å²) < 4.78 is 0. The van der Waals surface area contributed by atoms with Crippen molar-refractivity contribution in [3.63, 3.8) is 0 Å². The van der Waals surface area contributed by atoms with Gasteiger partial charge in [-0.3, -0.25) is 0 Å². The third kappa shape index (κ3) is 2.17. The lowest BCUT2D eigenvalue weighted by Crippen LogP contribution is -2.28. The van der Waals surface area contributed by atoms with Gasteiger partial charge in [0.15, 0.2) is 0 Å². The van der Waals surface area contributed by atoms with Crippen molar-refractivity contribution < 1.29 is 5.11 Å². The number of nitrogens with one attached hydrogen (secondary N) is 1. The van der Waals surface area contributed by atoms with Crippen LogP contribution >= 0.6 is 0 Å². The lowest BCUT2D eigenvalue weighted by Gasteiger charge is -2.19. The second kappa shape index (κ2) is 4.54.